The van der Waals surface area contributed by atoms with Crippen molar-refractivity contribution in [1.82, 2.24) is 4.98 Å². The van der Waals surface area contributed by atoms with Gasteiger partial charge in [-0.1, -0.05) is 11.6 Å². The van der Waals surface area contributed by atoms with Crippen LogP contribution in [0.5, 0.6) is 0 Å². The van der Waals surface area contributed by atoms with Crippen LogP contribution in [0.15, 0.2) is 30.5 Å². The second-order valence-electron chi connectivity index (χ2n) is 3.68. The molecule has 0 fully saturated rings. The highest BCUT2D eigenvalue weighted by molar-refractivity contribution is 6.29. The summed E-state index contributed by atoms with van der Waals surface area (Å²) in [7, 11) is 0. The van der Waals surface area contributed by atoms with E-state index in [1.165, 1.54) is 18.3 Å². The zero-order chi connectivity index (χ0) is 14.0. The fourth-order valence-electron chi connectivity index (χ4n) is 1.45. The molecule has 0 aliphatic heterocycles. The molecule has 98 valence electrons. The second kappa shape index (κ2) is 5.19. The van der Waals surface area contributed by atoms with Crippen LogP contribution < -0.4 is 11.1 Å². The fraction of sp³-hybridized carbons (Fsp3) is 0. The zero-order valence-electron chi connectivity index (χ0n) is 9.45. The summed E-state index contributed by atoms with van der Waals surface area (Å²) in [5.41, 5.74) is 4.65. The number of benzene rings is 1. The third kappa shape index (κ3) is 2.97. The monoisotopic (exact) mass is 283 g/mol. The van der Waals surface area contributed by atoms with E-state index in [1.54, 1.807) is 0 Å². The van der Waals surface area contributed by atoms with Gasteiger partial charge in [0.1, 0.15) is 11.0 Å². The molecule has 2 aromatic rings. The van der Waals surface area contributed by atoms with Gasteiger partial charge in [0, 0.05) is 11.9 Å². The Hall–Kier alpha value is -2.21. The summed E-state index contributed by atoms with van der Waals surface area (Å²) in [4.78, 5) is 15.5. The van der Waals surface area contributed by atoms with Crippen LogP contribution in [0, 0.1) is 11.6 Å². The Morgan fingerprint density at radius 1 is 1.32 bits per heavy atom. The van der Waals surface area contributed by atoms with Crippen molar-refractivity contribution in [2.75, 3.05) is 11.1 Å². The molecule has 0 bridgehead atoms. The van der Waals surface area contributed by atoms with Crippen molar-refractivity contribution in [2.45, 2.75) is 0 Å². The maximum absolute atomic E-state index is 13.6. The van der Waals surface area contributed by atoms with E-state index in [1.807, 2.05) is 0 Å². The predicted molar refractivity (Wildman–Crippen MR) is 68.0 cm³/mol. The number of hydrogen-bond donors (Lipinski definition) is 2. The standard InChI is InChI=1S/C12H8ClF2N3O/c13-10-5-7(1-2-17-10)18-12(19)8-3-6(14)4-9(16)11(8)15/h1-5H,16H2,(H,17,18,19). The average molecular weight is 284 g/mol. The van der Waals surface area contributed by atoms with Crippen LogP contribution in [0.1, 0.15) is 10.4 Å². The van der Waals surface area contributed by atoms with Crippen molar-refractivity contribution in [2.24, 2.45) is 0 Å². The Balaban J connectivity index is 2.30. The molecular formula is C12H8ClF2N3O. The van der Waals surface area contributed by atoms with Crippen molar-refractivity contribution in [1.29, 1.82) is 0 Å². The van der Waals surface area contributed by atoms with Crippen LogP contribution in [-0.2, 0) is 0 Å². The molecule has 3 N–H and O–H groups in total. The second-order valence-corrected chi connectivity index (χ2v) is 4.07. The number of anilines is 2. The normalized spacial score (nSPS) is 10.3. The molecule has 0 unspecified atom stereocenters. The summed E-state index contributed by atoms with van der Waals surface area (Å²) in [5.74, 6) is -2.60. The highest BCUT2D eigenvalue weighted by Gasteiger charge is 2.16. The van der Waals surface area contributed by atoms with E-state index in [9.17, 15) is 13.6 Å². The lowest BCUT2D eigenvalue weighted by Crippen LogP contribution is -2.15. The number of nitrogens with zero attached hydrogens (tertiary/aromatic N) is 1. The summed E-state index contributed by atoms with van der Waals surface area (Å²) >= 11 is 5.64. The summed E-state index contributed by atoms with van der Waals surface area (Å²) in [6, 6.07) is 4.41. The molecular weight excluding hydrogens is 276 g/mol. The van der Waals surface area contributed by atoms with Gasteiger partial charge in [0.05, 0.1) is 11.3 Å². The van der Waals surface area contributed by atoms with Gasteiger partial charge in [0.2, 0.25) is 0 Å². The first-order valence-corrected chi connectivity index (χ1v) is 5.52. The number of rotatable bonds is 2. The third-order valence-electron chi connectivity index (χ3n) is 2.29. The first kappa shape index (κ1) is 13.2. The molecule has 1 aromatic carbocycles. The summed E-state index contributed by atoms with van der Waals surface area (Å²) in [6.45, 7) is 0. The van der Waals surface area contributed by atoms with Gasteiger partial charge >= 0.3 is 0 Å². The number of aromatic nitrogens is 1. The molecule has 0 atom stereocenters. The fourth-order valence-corrected chi connectivity index (χ4v) is 1.63. The minimum absolute atomic E-state index is 0.164. The number of nitrogens with two attached hydrogens (primary N) is 1. The molecule has 7 heteroatoms. The maximum atomic E-state index is 13.6. The minimum atomic E-state index is -0.973. The largest absolute Gasteiger partial charge is 0.396 e. The van der Waals surface area contributed by atoms with Crippen LogP contribution in [0.25, 0.3) is 0 Å². The van der Waals surface area contributed by atoms with Crippen LogP contribution >= 0.6 is 11.6 Å². The Kier molecular flexibility index (Phi) is 3.62. The van der Waals surface area contributed by atoms with E-state index in [2.05, 4.69) is 10.3 Å². The Morgan fingerprint density at radius 2 is 2.05 bits per heavy atom. The number of carbonyl (C=O) groups excluding carboxylic acids is 1. The van der Waals surface area contributed by atoms with E-state index in [-0.39, 0.29) is 5.15 Å². The Bertz CT molecular complexity index is 649. The zero-order valence-corrected chi connectivity index (χ0v) is 10.2. The highest BCUT2D eigenvalue weighted by atomic mass is 35.5. The van der Waals surface area contributed by atoms with Gasteiger partial charge in [-0.05, 0) is 24.3 Å². The van der Waals surface area contributed by atoms with Crippen LogP contribution in [0.2, 0.25) is 5.15 Å². The van der Waals surface area contributed by atoms with Gasteiger partial charge in [0.15, 0.2) is 5.82 Å². The van der Waals surface area contributed by atoms with Crippen LogP contribution in [0.4, 0.5) is 20.2 Å². The molecule has 1 amide bonds. The number of pyridine rings is 1. The van der Waals surface area contributed by atoms with Gasteiger partial charge in [-0.3, -0.25) is 4.79 Å². The van der Waals surface area contributed by atoms with E-state index < -0.39 is 28.8 Å². The minimum Gasteiger partial charge on any atom is -0.396 e. The van der Waals surface area contributed by atoms with E-state index in [4.69, 9.17) is 17.3 Å². The van der Waals surface area contributed by atoms with Crippen molar-refractivity contribution in [3.63, 3.8) is 0 Å². The van der Waals surface area contributed by atoms with Crippen LogP contribution in [-0.4, -0.2) is 10.9 Å². The first-order chi connectivity index (χ1) is 8.97. The highest BCUT2D eigenvalue weighted by Crippen LogP contribution is 2.19. The van der Waals surface area contributed by atoms with Gasteiger partial charge in [-0.2, -0.15) is 0 Å². The Morgan fingerprint density at radius 3 is 2.74 bits per heavy atom. The van der Waals surface area contributed by atoms with Gasteiger partial charge in [-0.15, -0.1) is 0 Å². The summed E-state index contributed by atoms with van der Waals surface area (Å²) < 4.78 is 26.7. The molecule has 1 aromatic heterocycles. The molecule has 4 nitrogen and oxygen atoms in total. The molecule has 0 radical (unpaired) electrons. The van der Waals surface area contributed by atoms with Crippen molar-refractivity contribution < 1.29 is 13.6 Å². The molecule has 0 aliphatic rings. The topological polar surface area (TPSA) is 68.0 Å². The van der Waals surface area contributed by atoms with Crippen LogP contribution in [0.3, 0.4) is 0 Å². The molecule has 0 saturated heterocycles. The molecule has 19 heavy (non-hydrogen) atoms. The Labute approximate surface area is 112 Å². The third-order valence-corrected chi connectivity index (χ3v) is 2.50. The SMILES string of the molecule is Nc1cc(F)cc(C(=O)Nc2ccnc(Cl)c2)c1F. The average Bonchev–Trinajstić information content (AvgIpc) is 2.33. The smallest absolute Gasteiger partial charge is 0.258 e. The summed E-state index contributed by atoms with van der Waals surface area (Å²) in [5, 5.41) is 2.53. The lowest BCUT2D eigenvalue weighted by molar-refractivity contribution is 0.102. The van der Waals surface area contributed by atoms with Crippen molar-refractivity contribution in [3.05, 3.63) is 52.8 Å². The molecule has 1 heterocycles. The van der Waals surface area contributed by atoms with Gasteiger partial charge in [-0.25, -0.2) is 13.8 Å². The predicted octanol–water partition coefficient (Wildman–Crippen LogP) is 2.85. The van der Waals surface area contributed by atoms with E-state index in [0.717, 1.165) is 12.1 Å². The number of nitrogen functional groups attached to an aromatic ring is 1. The maximum Gasteiger partial charge on any atom is 0.258 e. The number of hydrogen-bond acceptors (Lipinski definition) is 3. The lowest BCUT2D eigenvalue weighted by Gasteiger charge is -2.07. The summed E-state index contributed by atoms with van der Waals surface area (Å²) in [6.07, 6.45) is 1.37. The van der Waals surface area contributed by atoms with Gasteiger partial charge < -0.3 is 11.1 Å². The number of nitrogens with one attached hydrogen (secondary N) is 1. The molecule has 0 saturated carbocycles. The van der Waals surface area contributed by atoms with Crippen molar-refractivity contribution in [3.8, 4) is 0 Å². The molecule has 2 rings (SSSR count). The number of carbonyl (C=O) groups is 1. The quantitative estimate of drug-likeness (QED) is 0.658. The first-order valence-electron chi connectivity index (χ1n) is 5.15. The van der Waals surface area contributed by atoms with Gasteiger partial charge in [0.25, 0.3) is 5.91 Å². The molecule has 0 aliphatic carbocycles. The lowest BCUT2D eigenvalue weighted by atomic mass is 10.1. The van der Waals surface area contributed by atoms with E-state index in [0.29, 0.717) is 5.69 Å². The number of amides is 1. The van der Waals surface area contributed by atoms with Crippen molar-refractivity contribution >= 4 is 28.9 Å². The molecule has 0 spiro atoms. The number of halogens is 3. The van der Waals surface area contributed by atoms with E-state index >= 15 is 0 Å².